The van der Waals surface area contributed by atoms with E-state index in [1.54, 1.807) is 18.8 Å². The first-order chi connectivity index (χ1) is 13.0. The Kier molecular flexibility index (Phi) is 9.27. The molecule has 0 aliphatic carbocycles. The van der Waals surface area contributed by atoms with Crippen LogP contribution in [0.5, 0.6) is 0 Å². The van der Waals surface area contributed by atoms with Gasteiger partial charge in [0.1, 0.15) is 0 Å². The summed E-state index contributed by atoms with van der Waals surface area (Å²) in [7, 11) is 1.75. The van der Waals surface area contributed by atoms with Crippen LogP contribution in [0.4, 0.5) is 13.2 Å². The lowest BCUT2D eigenvalue weighted by atomic mass is 9.93. The van der Waals surface area contributed by atoms with E-state index in [1.807, 2.05) is 18.2 Å². The number of benzene rings is 1. The molecule has 1 aliphatic heterocycles. The number of thioether (sulfide) groups is 1. The van der Waals surface area contributed by atoms with Crippen molar-refractivity contribution >= 4 is 17.7 Å². The third-order valence-corrected chi connectivity index (χ3v) is 5.60. The molecule has 0 aromatic heterocycles. The summed E-state index contributed by atoms with van der Waals surface area (Å²) < 4.78 is 37.3. The van der Waals surface area contributed by atoms with E-state index in [2.05, 4.69) is 27.8 Å². The number of likely N-dealkylation sites (tertiary alicyclic amines) is 1. The summed E-state index contributed by atoms with van der Waals surface area (Å²) in [5.41, 5.74) is 0. The molecule has 0 amide bonds. The Morgan fingerprint density at radius 2 is 1.81 bits per heavy atom. The highest BCUT2D eigenvalue weighted by Crippen LogP contribution is 2.24. The monoisotopic (exact) mass is 402 g/mol. The van der Waals surface area contributed by atoms with Crippen molar-refractivity contribution in [1.82, 2.24) is 15.5 Å². The Balaban J connectivity index is 1.55. The van der Waals surface area contributed by atoms with Crippen LogP contribution < -0.4 is 10.6 Å². The molecular weight excluding hydrogens is 373 g/mol. The van der Waals surface area contributed by atoms with Gasteiger partial charge in [0.05, 0.1) is 6.54 Å². The maximum Gasteiger partial charge on any atom is 0.401 e. The zero-order chi connectivity index (χ0) is 19.5. The molecular formula is C19H29F3N4S. The number of halogens is 3. The minimum Gasteiger partial charge on any atom is -0.356 e. The number of piperidine rings is 1. The van der Waals surface area contributed by atoms with Crippen LogP contribution in [0, 0.1) is 5.92 Å². The Morgan fingerprint density at radius 3 is 2.44 bits per heavy atom. The van der Waals surface area contributed by atoms with Crippen molar-refractivity contribution in [3.8, 4) is 0 Å². The molecule has 152 valence electrons. The van der Waals surface area contributed by atoms with Gasteiger partial charge in [-0.15, -0.1) is 11.8 Å². The van der Waals surface area contributed by atoms with Crippen LogP contribution in [0.25, 0.3) is 0 Å². The number of aliphatic imine (C=N–C) groups is 1. The predicted molar refractivity (Wildman–Crippen MR) is 106 cm³/mol. The second kappa shape index (κ2) is 11.4. The smallest absolute Gasteiger partial charge is 0.356 e. The Morgan fingerprint density at radius 1 is 1.15 bits per heavy atom. The van der Waals surface area contributed by atoms with Gasteiger partial charge in [0.2, 0.25) is 0 Å². The summed E-state index contributed by atoms with van der Waals surface area (Å²) in [6, 6.07) is 10.3. The molecule has 0 radical (unpaired) electrons. The number of hydrogen-bond acceptors (Lipinski definition) is 3. The van der Waals surface area contributed by atoms with Gasteiger partial charge in [-0.1, -0.05) is 18.2 Å². The summed E-state index contributed by atoms with van der Waals surface area (Å²) in [5.74, 6) is 2.20. The molecule has 27 heavy (non-hydrogen) atoms. The molecule has 2 N–H and O–H groups in total. The molecule has 1 aromatic carbocycles. The van der Waals surface area contributed by atoms with Gasteiger partial charge in [0, 0.05) is 30.8 Å². The maximum atomic E-state index is 12.4. The molecule has 1 fully saturated rings. The molecule has 0 unspecified atom stereocenters. The second-order valence-corrected chi connectivity index (χ2v) is 7.88. The normalized spacial score (nSPS) is 17.1. The highest BCUT2D eigenvalue weighted by atomic mass is 32.2. The number of rotatable bonds is 8. The van der Waals surface area contributed by atoms with Gasteiger partial charge in [-0.25, -0.2) is 0 Å². The number of hydrogen-bond donors (Lipinski definition) is 2. The topological polar surface area (TPSA) is 39.7 Å². The molecule has 0 atom stereocenters. The predicted octanol–water partition coefficient (Wildman–Crippen LogP) is 3.61. The molecule has 0 saturated carbocycles. The van der Waals surface area contributed by atoms with Gasteiger partial charge in [-0.3, -0.25) is 9.89 Å². The largest absolute Gasteiger partial charge is 0.401 e. The first-order valence-electron chi connectivity index (χ1n) is 9.38. The summed E-state index contributed by atoms with van der Waals surface area (Å²) in [4.78, 5) is 6.98. The Labute approximate surface area is 164 Å². The van der Waals surface area contributed by atoms with Crippen molar-refractivity contribution in [3.63, 3.8) is 0 Å². The summed E-state index contributed by atoms with van der Waals surface area (Å²) in [6.45, 7) is 1.89. The third-order valence-electron chi connectivity index (χ3n) is 4.59. The summed E-state index contributed by atoms with van der Waals surface area (Å²) in [5, 5.41) is 6.60. The number of nitrogens with zero attached hydrogens (tertiary/aromatic N) is 2. The average molecular weight is 403 g/mol. The first kappa shape index (κ1) is 21.9. The van der Waals surface area contributed by atoms with Gasteiger partial charge >= 0.3 is 6.18 Å². The minimum atomic E-state index is -4.09. The van der Waals surface area contributed by atoms with Crippen molar-refractivity contribution in [2.24, 2.45) is 10.9 Å². The van der Waals surface area contributed by atoms with Gasteiger partial charge in [-0.2, -0.15) is 13.2 Å². The summed E-state index contributed by atoms with van der Waals surface area (Å²) in [6.07, 6.45) is -1.47. The fourth-order valence-corrected chi connectivity index (χ4v) is 3.95. The van der Waals surface area contributed by atoms with E-state index >= 15 is 0 Å². The number of alkyl halides is 3. The molecule has 8 heteroatoms. The van der Waals surface area contributed by atoms with Crippen LogP contribution in [0.15, 0.2) is 40.2 Å². The first-order valence-corrected chi connectivity index (χ1v) is 10.4. The third kappa shape index (κ3) is 9.37. The molecule has 1 aliphatic rings. The van der Waals surface area contributed by atoms with E-state index in [0.29, 0.717) is 19.0 Å². The Hall–Kier alpha value is -1.41. The molecule has 2 rings (SSSR count). The maximum absolute atomic E-state index is 12.4. The number of nitrogens with one attached hydrogen (secondary N) is 2. The van der Waals surface area contributed by atoms with Crippen molar-refractivity contribution in [1.29, 1.82) is 0 Å². The van der Waals surface area contributed by atoms with Crippen LogP contribution in [0.3, 0.4) is 0 Å². The minimum absolute atomic E-state index is 0.480. The van der Waals surface area contributed by atoms with Crippen LogP contribution in [0.1, 0.15) is 19.3 Å². The quantitative estimate of drug-likeness (QED) is 0.302. The van der Waals surface area contributed by atoms with Gasteiger partial charge < -0.3 is 10.6 Å². The highest BCUT2D eigenvalue weighted by Gasteiger charge is 2.32. The zero-order valence-electron chi connectivity index (χ0n) is 15.8. The van der Waals surface area contributed by atoms with Crippen LogP contribution in [-0.4, -0.2) is 62.6 Å². The van der Waals surface area contributed by atoms with Crippen molar-refractivity contribution < 1.29 is 13.2 Å². The lowest BCUT2D eigenvalue weighted by Gasteiger charge is -2.32. The van der Waals surface area contributed by atoms with E-state index in [-0.39, 0.29) is 0 Å². The van der Waals surface area contributed by atoms with E-state index in [0.717, 1.165) is 44.1 Å². The van der Waals surface area contributed by atoms with Crippen LogP contribution in [-0.2, 0) is 0 Å². The van der Waals surface area contributed by atoms with E-state index in [4.69, 9.17) is 0 Å². The second-order valence-electron chi connectivity index (χ2n) is 6.71. The zero-order valence-corrected chi connectivity index (χ0v) is 16.6. The van der Waals surface area contributed by atoms with E-state index < -0.39 is 12.7 Å². The van der Waals surface area contributed by atoms with Gasteiger partial charge in [0.15, 0.2) is 5.96 Å². The van der Waals surface area contributed by atoms with Crippen molar-refractivity contribution in [3.05, 3.63) is 30.3 Å². The summed E-state index contributed by atoms with van der Waals surface area (Å²) >= 11 is 1.79. The Bertz CT molecular complexity index is 558. The lowest BCUT2D eigenvalue weighted by molar-refractivity contribution is -0.148. The molecule has 4 nitrogen and oxygen atoms in total. The highest BCUT2D eigenvalue weighted by molar-refractivity contribution is 7.99. The van der Waals surface area contributed by atoms with Gasteiger partial charge in [0.25, 0.3) is 0 Å². The molecule has 0 bridgehead atoms. The van der Waals surface area contributed by atoms with Crippen LogP contribution in [0.2, 0.25) is 0 Å². The lowest BCUT2D eigenvalue weighted by Crippen LogP contribution is -2.42. The van der Waals surface area contributed by atoms with E-state index in [9.17, 15) is 13.2 Å². The molecule has 0 spiro atoms. The van der Waals surface area contributed by atoms with E-state index in [1.165, 1.54) is 9.80 Å². The average Bonchev–Trinajstić information content (AvgIpc) is 2.64. The molecule has 1 heterocycles. The van der Waals surface area contributed by atoms with Gasteiger partial charge in [-0.05, 0) is 50.4 Å². The standard InChI is InChI=1S/C19H29F3N4S/c1-23-18(25-11-14-27-17-5-3-2-4-6-17)24-10-7-16-8-12-26(13-9-16)15-19(20,21)22/h2-6,16H,7-15H2,1H3,(H2,23,24,25). The fraction of sp³-hybridized carbons (Fsp3) is 0.632. The molecule has 1 aromatic rings. The van der Waals surface area contributed by atoms with Crippen LogP contribution >= 0.6 is 11.8 Å². The fourth-order valence-electron chi connectivity index (χ4n) is 3.16. The van der Waals surface area contributed by atoms with Crippen molar-refractivity contribution in [2.75, 3.05) is 45.5 Å². The number of guanidine groups is 1. The van der Waals surface area contributed by atoms with Crippen molar-refractivity contribution in [2.45, 2.75) is 30.3 Å². The molecule has 1 saturated heterocycles. The SMILES string of the molecule is CN=C(NCCSc1ccccc1)NCCC1CCN(CC(F)(F)F)CC1.